The van der Waals surface area contributed by atoms with E-state index in [0.717, 1.165) is 30.0 Å². The molecular formula is C15H26N2O2. The van der Waals surface area contributed by atoms with Crippen LogP contribution in [0, 0.1) is 0 Å². The van der Waals surface area contributed by atoms with E-state index in [1.807, 2.05) is 18.2 Å². The Bertz CT molecular complexity index is 405. The molecule has 1 aromatic rings. The highest BCUT2D eigenvalue weighted by Gasteiger charge is 2.21. The third-order valence-corrected chi connectivity index (χ3v) is 3.74. The van der Waals surface area contributed by atoms with Gasteiger partial charge in [-0.3, -0.25) is 4.90 Å². The van der Waals surface area contributed by atoms with Crippen molar-refractivity contribution >= 4 is 0 Å². The summed E-state index contributed by atoms with van der Waals surface area (Å²) in [5.41, 5.74) is 6.95. The third-order valence-electron chi connectivity index (χ3n) is 3.74. The molecule has 0 aromatic heterocycles. The van der Waals surface area contributed by atoms with Crippen LogP contribution in [-0.2, 0) is 6.42 Å². The Balaban J connectivity index is 2.76. The molecule has 0 saturated carbocycles. The molecule has 1 aromatic carbocycles. The van der Waals surface area contributed by atoms with Crippen LogP contribution in [0.3, 0.4) is 0 Å². The lowest BCUT2D eigenvalue weighted by molar-refractivity contribution is 0.165. The molecule has 0 unspecified atom stereocenters. The molecule has 0 heterocycles. The second-order valence-corrected chi connectivity index (χ2v) is 5.37. The van der Waals surface area contributed by atoms with E-state index in [1.165, 1.54) is 0 Å². The van der Waals surface area contributed by atoms with Crippen LogP contribution in [0.15, 0.2) is 18.2 Å². The minimum atomic E-state index is 0.00605. The normalized spacial score (nSPS) is 11.7. The van der Waals surface area contributed by atoms with Gasteiger partial charge in [-0.25, -0.2) is 0 Å². The van der Waals surface area contributed by atoms with Crippen LogP contribution in [0.1, 0.15) is 19.4 Å². The standard InChI is InChI=1S/C15H26N2O2/c1-15(2,11-16)17(3)9-8-12-10-13(18-4)6-7-14(12)19-5/h6-7,10H,8-9,11,16H2,1-5H3. The van der Waals surface area contributed by atoms with Gasteiger partial charge in [-0.05, 0) is 51.1 Å². The molecule has 0 aliphatic heterocycles. The van der Waals surface area contributed by atoms with Gasteiger partial charge in [-0.15, -0.1) is 0 Å². The quantitative estimate of drug-likeness (QED) is 0.819. The molecule has 2 N–H and O–H groups in total. The zero-order chi connectivity index (χ0) is 14.5. The maximum absolute atomic E-state index is 5.79. The summed E-state index contributed by atoms with van der Waals surface area (Å²) in [6.45, 7) is 5.86. The zero-order valence-corrected chi connectivity index (χ0v) is 12.7. The number of hydrogen-bond acceptors (Lipinski definition) is 4. The number of likely N-dealkylation sites (N-methyl/N-ethyl adjacent to an activating group) is 1. The van der Waals surface area contributed by atoms with Gasteiger partial charge in [0.05, 0.1) is 14.2 Å². The lowest BCUT2D eigenvalue weighted by Crippen LogP contribution is -2.47. The maximum atomic E-state index is 5.79. The molecule has 0 amide bonds. The van der Waals surface area contributed by atoms with Crippen molar-refractivity contribution in [2.24, 2.45) is 5.73 Å². The van der Waals surface area contributed by atoms with E-state index < -0.39 is 0 Å². The molecule has 0 atom stereocenters. The number of nitrogens with zero attached hydrogens (tertiary/aromatic N) is 1. The summed E-state index contributed by atoms with van der Waals surface area (Å²) in [5, 5.41) is 0. The lowest BCUT2D eigenvalue weighted by atomic mass is 10.0. The minimum Gasteiger partial charge on any atom is -0.497 e. The fourth-order valence-corrected chi connectivity index (χ4v) is 1.82. The molecule has 4 nitrogen and oxygen atoms in total. The average molecular weight is 266 g/mol. The summed E-state index contributed by atoms with van der Waals surface area (Å²) in [6, 6.07) is 5.89. The van der Waals surface area contributed by atoms with E-state index in [2.05, 4.69) is 25.8 Å². The molecule has 4 heteroatoms. The maximum Gasteiger partial charge on any atom is 0.122 e. The van der Waals surface area contributed by atoms with E-state index in [-0.39, 0.29) is 5.54 Å². The Morgan fingerprint density at radius 2 is 1.89 bits per heavy atom. The first kappa shape index (κ1) is 15.8. The Morgan fingerprint density at radius 1 is 1.21 bits per heavy atom. The van der Waals surface area contributed by atoms with E-state index in [9.17, 15) is 0 Å². The summed E-state index contributed by atoms with van der Waals surface area (Å²) in [4.78, 5) is 2.27. The van der Waals surface area contributed by atoms with Gasteiger partial charge in [-0.2, -0.15) is 0 Å². The van der Waals surface area contributed by atoms with Crippen molar-refractivity contribution < 1.29 is 9.47 Å². The molecule has 0 fully saturated rings. The molecule has 0 radical (unpaired) electrons. The summed E-state index contributed by atoms with van der Waals surface area (Å²) < 4.78 is 10.7. The van der Waals surface area contributed by atoms with Crippen molar-refractivity contribution in [2.75, 3.05) is 34.4 Å². The lowest BCUT2D eigenvalue weighted by Gasteiger charge is -2.34. The molecule has 108 valence electrons. The number of benzene rings is 1. The fraction of sp³-hybridized carbons (Fsp3) is 0.600. The van der Waals surface area contributed by atoms with Crippen molar-refractivity contribution in [1.82, 2.24) is 4.90 Å². The van der Waals surface area contributed by atoms with Crippen molar-refractivity contribution in [3.05, 3.63) is 23.8 Å². The van der Waals surface area contributed by atoms with Crippen LogP contribution >= 0.6 is 0 Å². The highest BCUT2D eigenvalue weighted by Crippen LogP contribution is 2.25. The predicted octanol–water partition coefficient (Wildman–Crippen LogP) is 1.92. The molecule has 0 spiro atoms. The van der Waals surface area contributed by atoms with Crippen LogP contribution in [0.2, 0.25) is 0 Å². The first-order chi connectivity index (χ1) is 8.94. The molecule has 19 heavy (non-hydrogen) atoms. The van der Waals surface area contributed by atoms with E-state index in [1.54, 1.807) is 14.2 Å². The van der Waals surface area contributed by atoms with Crippen LogP contribution in [0.25, 0.3) is 0 Å². The van der Waals surface area contributed by atoms with Gasteiger partial charge in [0.25, 0.3) is 0 Å². The Kier molecular flexibility index (Phi) is 5.63. The van der Waals surface area contributed by atoms with Crippen LogP contribution in [0.5, 0.6) is 11.5 Å². The summed E-state index contributed by atoms with van der Waals surface area (Å²) in [5.74, 6) is 1.76. The minimum absolute atomic E-state index is 0.00605. The first-order valence-corrected chi connectivity index (χ1v) is 6.57. The monoisotopic (exact) mass is 266 g/mol. The van der Waals surface area contributed by atoms with Gasteiger partial charge in [0.1, 0.15) is 11.5 Å². The number of ether oxygens (including phenoxy) is 2. The van der Waals surface area contributed by atoms with Gasteiger partial charge < -0.3 is 15.2 Å². The molecule has 0 aliphatic carbocycles. The van der Waals surface area contributed by atoms with Crippen molar-refractivity contribution in [3.63, 3.8) is 0 Å². The van der Waals surface area contributed by atoms with Gasteiger partial charge in [-0.1, -0.05) is 0 Å². The van der Waals surface area contributed by atoms with Crippen LogP contribution in [0.4, 0.5) is 0 Å². The summed E-state index contributed by atoms with van der Waals surface area (Å²) >= 11 is 0. The Hall–Kier alpha value is -1.26. The zero-order valence-electron chi connectivity index (χ0n) is 12.7. The van der Waals surface area contributed by atoms with Crippen LogP contribution < -0.4 is 15.2 Å². The first-order valence-electron chi connectivity index (χ1n) is 6.57. The SMILES string of the molecule is COc1ccc(OC)c(CCN(C)C(C)(C)CN)c1. The largest absolute Gasteiger partial charge is 0.497 e. The number of rotatable bonds is 7. The second-order valence-electron chi connectivity index (χ2n) is 5.37. The molecule has 0 aliphatic rings. The Morgan fingerprint density at radius 3 is 2.42 bits per heavy atom. The highest BCUT2D eigenvalue weighted by atomic mass is 16.5. The fourth-order valence-electron chi connectivity index (χ4n) is 1.82. The third kappa shape index (κ3) is 4.11. The van der Waals surface area contributed by atoms with Crippen molar-refractivity contribution in [2.45, 2.75) is 25.8 Å². The topological polar surface area (TPSA) is 47.7 Å². The summed E-state index contributed by atoms with van der Waals surface area (Å²) in [7, 11) is 5.47. The number of nitrogens with two attached hydrogens (primary N) is 1. The van der Waals surface area contributed by atoms with Crippen molar-refractivity contribution in [3.8, 4) is 11.5 Å². The summed E-state index contributed by atoms with van der Waals surface area (Å²) in [6.07, 6.45) is 0.903. The predicted molar refractivity (Wildman–Crippen MR) is 79.0 cm³/mol. The van der Waals surface area contributed by atoms with Crippen LogP contribution in [-0.4, -0.2) is 44.8 Å². The Labute approximate surface area is 116 Å². The second kappa shape index (κ2) is 6.78. The smallest absolute Gasteiger partial charge is 0.122 e. The molecule has 0 saturated heterocycles. The van der Waals surface area contributed by atoms with E-state index in [4.69, 9.17) is 15.2 Å². The average Bonchev–Trinajstić information content (AvgIpc) is 2.44. The number of methoxy groups -OCH3 is 2. The van der Waals surface area contributed by atoms with E-state index >= 15 is 0 Å². The van der Waals surface area contributed by atoms with Gasteiger partial charge >= 0.3 is 0 Å². The van der Waals surface area contributed by atoms with Gasteiger partial charge in [0.2, 0.25) is 0 Å². The van der Waals surface area contributed by atoms with E-state index in [0.29, 0.717) is 6.54 Å². The highest BCUT2D eigenvalue weighted by molar-refractivity contribution is 5.40. The molecule has 1 rings (SSSR count). The molecular weight excluding hydrogens is 240 g/mol. The number of hydrogen-bond donors (Lipinski definition) is 1. The van der Waals surface area contributed by atoms with Gasteiger partial charge in [0.15, 0.2) is 0 Å². The van der Waals surface area contributed by atoms with Crippen molar-refractivity contribution in [1.29, 1.82) is 0 Å². The molecule has 0 bridgehead atoms. The van der Waals surface area contributed by atoms with Gasteiger partial charge in [0, 0.05) is 18.6 Å².